The number of amides is 1. The number of benzene rings is 1. The molecule has 1 aliphatic heterocycles. The molecule has 0 saturated carbocycles. The summed E-state index contributed by atoms with van der Waals surface area (Å²) in [5.74, 6) is 3.11. The molecule has 0 unspecified atom stereocenters. The van der Waals surface area contributed by atoms with Crippen LogP contribution >= 0.6 is 23.5 Å². The smallest absolute Gasteiger partial charge is 0.410 e. The summed E-state index contributed by atoms with van der Waals surface area (Å²) in [6.07, 6.45) is 5.96. The Bertz CT molecular complexity index is 930. The summed E-state index contributed by atoms with van der Waals surface area (Å²) < 4.78 is 5.58. The number of pyridine rings is 1. The Morgan fingerprint density at radius 1 is 1.10 bits per heavy atom. The van der Waals surface area contributed by atoms with Gasteiger partial charge in [-0.05, 0) is 55.0 Å². The summed E-state index contributed by atoms with van der Waals surface area (Å²) in [5.41, 5.74) is 1.22. The van der Waals surface area contributed by atoms with Crippen LogP contribution in [0.15, 0.2) is 65.2 Å². The van der Waals surface area contributed by atoms with Gasteiger partial charge in [-0.2, -0.15) is 5.10 Å². The van der Waals surface area contributed by atoms with Crippen LogP contribution in [0.4, 0.5) is 4.79 Å². The lowest BCUT2D eigenvalue weighted by molar-refractivity contribution is 0.134. The van der Waals surface area contributed by atoms with Crippen molar-refractivity contribution in [3.05, 3.63) is 60.6 Å². The van der Waals surface area contributed by atoms with Gasteiger partial charge in [-0.15, -0.1) is 11.8 Å². The molecule has 1 fully saturated rings. The van der Waals surface area contributed by atoms with Crippen molar-refractivity contribution in [2.75, 3.05) is 24.6 Å². The minimum Gasteiger partial charge on any atom is -0.410 e. The largest absolute Gasteiger partial charge is 0.415 e. The molecule has 4 rings (SSSR count). The zero-order valence-corrected chi connectivity index (χ0v) is 18.8. The number of nitrogens with one attached hydrogen (secondary N) is 1. The molecule has 1 amide bonds. The summed E-state index contributed by atoms with van der Waals surface area (Å²) in [4.78, 5) is 22.8. The van der Waals surface area contributed by atoms with Crippen LogP contribution in [0, 0.1) is 5.92 Å². The van der Waals surface area contributed by atoms with Gasteiger partial charge in [0.25, 0.3) is 0 Å². The second-order valence-corrected chi connectivity index (χ2v) is 9.43. The number of aryl methyl sites for hydroxylation is 1. The molecule has 3 heterocycles. The van der Waals surface area contributed by atoms with Crippen LogP contribution in [-0.4, -0.2) is 55.8 Å². The minimum absolute atomic E-state index is 0.264. The maximum absolute atomic E-state index is 12.5. The van der Waals surface area contributed by atoms with Gasteiger partial charge in [-0.1, -0.05) is 30.0 Å². The molecule has 9 heteroatoms. The van der Waals surface area contributed by atoms with Gasteiger partial charge in [0.1, 0.15) is 12.1 Å². The summed E-state index contributed by atoms with van der Waals surface area (Å²) in [5, 5.41) is 8.61. The highest BCUT2D eigenvalue weighted by Crippen LogP contribution is 2.25. The molecular formula is C22H25N5O2S2. The highest BCUT2D eigenvalue weighted by Gasteiger charge is 2.24. The van der Waals surface area contributed by atoms with Crippen molar-refractivity contribution < 1.29 is 9.53 Å². The molecule has 1 saturated heterocycles. The Morgan fingerprint density at radius 3 is 2.65 bits per heavy atom. The highest BCUT2D eigenvalue weighted by molar-refractivity contribution is 7.99. The van der Waals surface area contributed by atoms with E-state index in [9.17, 15) is 4.79 Å². The van der Waals surface area contributed by atoms with Gasteiger partial charge in [-0.3, -0.25) is 5.10 Å². The number of likely N-dealkylation sites (tertiary alicyclic amines) is 1. The predicted octanol–water partition coefficient (Wildman–Crippen LogP) is 4.54. The first kappa shape index (κ1) is 21.7. The van der Waals surface area contributed by atoms with E-state index in [-0.39, 0.29) is 6.09 Å². The van der Waals surface area contributed by atoms with Crippen LogP contribution in [0.2, 0.25) is 0 Å². The number of thioether (sulfide) groups is 2. The number of H-pyrrole nitrogens is 1. The lowest BCUT2D eigenvalue weighted by atomic mass is 9.99. The lowest BCUT2D eigenvalue weighted by Crippen LogP contribution is -2.40. The van der Waals surface area contributed by atoms with Gasteiger partial charge in [0.15, 0.2) is 5.16 Å². The summed E-state index contributed by atoms with van der Waals surface area (Å²) >= 11 is 3.42. The number of hydrogen-bond donors (Lipinski definition) is 1. The third-order valence-electron chi connectivity index (χ3n) is 5.13. The second kappa shape index (κ2) is 11.2. The first-order chi connectivity index (χ1) is 15.3. The van der Waals surface area contributed by atoms with Crippen LogP contribution in [0.25, 0.3) is 0 Å². The monoisotopic (exact) mass is 455 g/mol. The number of ether oxygens (including phenoxy) is 1. The van der Waals surface area contributed by atoms with E-state index in [2.05, 4.69) is 20.2 Å². The number of carbonyl (C=O) groups excluding carboxylic acids is 1. The molecule has 0 radical (unpaired) electrons. The molecular weight excluding hydrogens is 430 g/mol. The predicted molar refractivity (Wildman–Crippen MR) is 123 cm³/mol. The fourth-order valence-corrected chi connectivity index (χ4v) is 5.16. The van der Waals surface area contributed by atoms with Crippen molar-refractivity contribution in [3.8, 4) is 5.75 Å². The van der Waals surface area contributed by atoms with Crippen molar-refractivity contribution >= 4 is 29.6 Å². The van der Waals surface area contributed by atoms with Crippen LogP contribution in [-0.2, 0) is 6.42 Å². The SMILES string of the molecule is O=C(Oc1ccc(CCSc2ccccn2)cc1)N1CCC(CSc2ncn[nH]2)CC1. The second-order valence-electron chi connectivity index (χ2n) is 7.31. The standard InChI is InChI=1S/C22H25N5O2S2/c28-22(27-12-8-18(9-13-27)15-31-21-24-16-25-26-21)29-19-6-4-17(5-7-19)10-14-30-20-3-1-2-11-23-20/h1-7,11,16,18H,8-10,12-15H2,(H,24,25,26). The van der Waals surface area contributed by atoms with Gasteiger partial charge >= 0.3 is 6.09 Å². The first-order valence-corrected chi connectivity index (χ1v) is 12.3. The number of rotatable bonds is 8. The molecule has 31 heavy (non-hydrogen) atoms. The van der Waals surface area contributed by atoms with E-state index in [0.717, 1.165) is 54.0 Å². The molecule has 1 aromatic carbocycles. The van der Waals surface area contributed by atoms with Crippen molar-refractivity contribution in [2.45, 2.75) is 29.4 Å². The lowest BCUT2D eigenvalue weighted by Gasteiger charge is -2.30. The Kier molecular flexibility index (Phi) is 7.84. The molecule has 0 spiro atoms. The third kappa shape index (κ3) is 6.73. The number of aromatic nitrogens is 4. The van der Waals surface area contributed by atoms with E-state index in [1.165, 1.54) is 11.9 Å². The molecule has 1 N–H and O–H groups in total. The van der Waals surface area contributed by atoms with Gasteiger partial charge < -0.3 is 9.64 Å². The van der Waals surface area contributed by atoms with E-state index in [4.69, 9.17) is 4.74 Å². The molecule has 0 atom stereocenters. The van der Waals surface area contributed by atoms with Gasteiger partial charge in [0, 0.05) is 30.8 Å². The van der Waals surface area contributed by atoms with E-state index >= 15 is 0 Å². The maximum Gasteiger partial charge on any atom is 0.415 e. The van der Waals surface area contributed by atoms with Crippen molar-refractivity contribution in [3.63, 3.8) is 0 Å². The number of aromatic amines is 1. The van der Waals surface area contributed by atoms with Crippen LogP contribution in [0.3, 0.4) is 0 Å². The zero-order chi connectivity index (χ0) is 21.3. The number of carbonyl (C=O) groups is 1. The molecule has 162 valence electrons. The van der Waals surface area contributed by atoms with E-state index in [1.807, 2.05) is 48.7 Å². The van der Waals surface area contributed by atoms with Crippen molar-refractivity contribution in [1.82, 2.24) is 25.1 Å². The van der Waals surface area contributed by atoms with Gasteiger partial charge in [-0.25, -0.2) is 14.8 Å². The summed E-state index contributed by atoms with van der Waals surface area (Å²) in [6, 6.07) is 13.7. The van der Waals surface area contributed by atoms with Gasteiger partial charge in [0.2, 0.25) is 0 Å². The molecule has 2 aromatic heterocycles. The topological polar surface area (TPSA) is 84.0 Å². The molecule has 3 aromatic rings. The molecule has 0 bridgehead atoms. The average Bonchev–Trinajstić information content (AvgIpc) is 3.34. The van der Waals surface area contributed by atoms with Crippen LogP contribution in [0.5, 0.6) is 5.75 Å². The summed E-state index contributed by atoms with van der Waals surface area (Å²) in [7, 11) is 0. The molecule has 0 aliphatic carbocycles. The molecule has 1 aliphatic rings. The van der Waals surface area contributed by atoms with Crippen LogP contribution in [0.1, 0.15) is 18.4 Å². The minimum atomic E-state index is -0.264. The summed E-state index contributed by atoms with van der Waals surface area (Å²) in [6.45, 7) is 1.45. The Labute approximate surface area is 190 Å². The Morgan fingerprint density at radius 2 is 1.94 bits per heavy atom. The van der Waals surface area contributed by atoms with Crippen LogP contribution < -0.4 is 4.74 Å². The fourth-order valence-electron chi connectivity index (χ4n) is 3.34. The van der Waals surface area contributed by atoms with Gasteiger partial charge in [0.05, 0.1) is 5.03 Å². The zero-order valence-electron chi connectivity index (χ0n) is 17.1. The average molecular weight is 456 g/mol. The maximum atomic E-state index is 12.5. The quantitative estimate of drug-likeness (QED) is 0.499. The van der Waals surface area contributed by atoms with Crippen molar-refractivity contribution in [1.29, 1.82) is 0 Å². The van der Waals surface area contributed by atoms with E-state index < -0.39 is 0 Å². The fraction of sp³-hybridized carbons (Fsp3) is 0.364. The normalized spacial score (nSPS) is 14.5. The third-order valence-corrected chi connectivity index (χ3v) is 7.18. The van der Waals surface area contributed by atoms with Crippen molar-refractivity contribution in [2.24, 2.45) is 5.92 Å². The number of nitrogens with zero attached hydrogens (tertiary/aromatic N) is 4. The van der Waals surface area contributed by atoms with E-state index in [1.54, 1.807) is 28.4 Å². The number of piperidine rings is 1. The highest BCUT2D eigenvalue weighted by atomic mass is 32.2. The number of hydrogen-bond acceptors (Lipinski definition) is 7. The molecule has 7 nitrogen and oxygen atoms in total. The Hall–Kier alpha value is -2.52. The Balaban J connectivity index is 1.16. The van der Waals surface area contributed by atoms with E-state index in [0.29, 0.717) is 11.7 Å². The first-order valence-electron chi connectivity index (χ1n) is 10.3.